The van der Waals surface area contributed by atoms with Crippen LogP contribution in [0.5, 0.6) is 0 Å². The van der Waals surface area contributed by atoms with E-state index in [1.807, 2.05) is 44.2 Å². The highest BCUT2D eigenvalue weighted by atomic mass is 16.2. The standard InChI is InChI=1S/C25H41N7O4.C2H6/c1-18(33)12-13-22(34)30-20(11-8-14-29-25(26)32(3)4)24(36)31-21(23(35)28-16-15-27-2)17-19-9-6-5-7-10-19;1-2/h5-7,9-10,20-21,27H,8,11-17H2,1-4H3,(H2,26,29)(H,28,35)(H,30,34)(H,31,36);1-2H3. The van der Waals surface area contributed by atoms with Gasteiger partial charge in [0.1, 0.15) is 17.9 Å². The van der Waals surface area contributed by atoms with Crippen molar-refractivity contribution in [3.8, 4) is 0 Å². The Balaban J connectivity index is 0.00000667. The Morgan fingerprint density at radius 3 is 2.18 bits per heavy atom. The zero-order valence-corrected chi connectivity index (χ0v) is 23.8. The molecule has 2 unspecified atom stereocenters. The van der Waals surface area contributed by atoms with Crippen LogP contribution in [0.2, 0.25) is 0 Å². The second-order valence-electron chi connectivity index (χ2n) is 8.74. The van der Waals surface area contributed by atoms with Crippen molar-refractivity contribution in [3.05, 3.63) is 35.9 Å². The predicted octanol–water partition coefficient (Wildman–Crippen LogP) is 0.586. The molecule has 0 aliphatic carbocycles. The first-order valence-electron chi connectivity index (χ1n) is 13.2. The number of ketones is 1. The van der Waals surface area contributed by atoms with Crippen LogP contribution in [0, 0.1) is 0 Å². The van der Waals surface area contributed by atoms with Crippen LogP contribution >= 0.6 is 0 Å². The van der Waals surface area contributed by atoms with Gasteiger partial charge in [0.05, 0.1) is 0 Å². The monoisotopic (exact) mass is 533 g/mol. The van der Waals surface area contributed by atoms with Crippen molar-refractivity contribution >= 4 is 29.5 Å². The van der Waals surface area contributed by atoms with E-state index in [-0.39, 0.29) is 24.5 Å². The van der Waals surface area contributed by atoms with E-state index in [2.05, 4.69) is 26.3 Å². The molecule has 0 spiro atoms. The van der Waals surface area contributed by atoms with E-state index in [9.17, 15) is 19.2 Å². The number of aliphatic imine (C=N–C) groups is 1. The van der Waals surface area contributed by atoms with Crippen molar-refractivity contribution in [1.82, 2.24) is 26.2 Å². The number of hydrogen-bond acceptors (Lipinski definition) is 6. The smallest absolute Gasteiger partial charge is 0.243 e. The molecule has 0 bridgehead atoms. The number of carbonyl (C=O) groups is 4. The van der Waals surface area contributed by atoms with E-state index in [4.69, 9.17) is 5.73 Å². The van der Waals surface area contributed by atoms with Gasteiger partial charge in [-0.25, -0.2) is 0 Å². The lowest BCUT2D eigenvalue weighted by Crippen LogP contribution is -2.55. The number of nitrogens with two attached hydrogens (primary N) is 1. The summed E-state index contributed by atoms with van der Waals surface area (Å²) in [5, 5.41) is 11.3. The lowest BCUT2D eigenvalue weighted by molar-refractivity contribution is -0.132. The largest absolute Gasteiger partial charge is 0.370 e. The quantitative estimate of drug-likeness (QED) is 0.118. The Morgan fingerprint density at radius 1 is 0.947 bits per heavy atom. The third kappa shape index (κ3) is 15.6. The van der Waals surface area contributed by atoms with Crippen LogP contribution in [-0.2, 0) is 25.6 Å². The molecule has 38 heavy (non-hydrogen) atoms. The van der Waals surface area contributed by atoms with E-state index in [1.165, 1.54) is 6.92 Å². The van der Waals surface area contributed by atoms with E-state index < -0.39 is 23.9 Å². The second-order valence-corrected chi connectivity index (χ2v) is 8.74. The first-order valence-corrected chi connectivity index (χ1v) is 13.2. The van der Waals surface area contributed by atoms with Gasteiger partial charge in [-0.2, -0.15) is 0 Å². The van der Waals surface area contributed by atoms with Gasteiger partial charge in [0.25, 0.3) is 0 Å². The van der Waals surface area contributed by atoms with Crippen LogP contribution in [-0.4, -0.2) is 87.2 Å². The molecular formula is C27H47N7O4. The van der Waals surface area contributed by atoms with Gasteiger partial charge in [-0.3, -0.25) is 19.4 Å². The van der Waals surface area contributed by atoms with Gasteiger partial charge >= 0.3 is 0 Å². The number of Topliss-reactive ketones (excluding diaryl/α,β-unsaturated/α-hetero) is 1. The molecule has 0 aliphatic rings. The third-order valence-corrected chi connectivity index (χ3v) is 5.33. The minimum absolute atomic E-state index is 0.0111. The minimum atomic E-state index is -0.886. The number of rotatable bonds is 16. The summed E-state index contributed by atoms with van der Waals surface area (Å²) < 4.78 is 0. The Kier molecular flexibility index (Phi) is 18.7. The maximum Gasteiger partial charge on any atom is 0.243 e. The Bertz CT molecular complexity index is 875. The van der Waals surface area contributed by atoms with Crippen LogP contribution in [0.1, 0.15) is 52.0 Å². The number of guanidine groups is 1. The average molecular weight is 534 g/mol. The molecule has 6 N–H and O–H groups in total. The van der Waals surface area contributed by atoms with Gasteiger partial charge in [0.15, 0.2) is 5.96 Å². The molecule has 1 aromatic rings. The molecule has 2 atom stereocenters. The predicted molar refractivity (Wildman–Crippen MR) is 152 cm³/mol. The lowest BCUT2D eigenvalue weighted by Gasteiger charge is -2.23. The Morgan fingerprint density at radius 2 is 1.61 bits per heavy atom. The second kappa shape index (κ2) is 20.6. The molecule has 11 heteroatoms. The summed E-state index contributed by atoms with van der Waals surface area (Å²) in [6.07, 6.45) is 1.16. The fourth-order valence-corrected chi connectivity index (χ4v) is 3.22. The van der Waals surface area contributed by atoms with Crippen LogP contribution in [0.25, 0.3) is 0 Å². The van der Waals surface area contributed by atoms with Crippen molar-refractivity contribution in [2.75, 3.05) is 40.8 Å². The maximum atomic E-state index is 13.2. The lowest BCUT2D eigenvalue weighted by atomic mass is 10.0. The fourth-order valence-electron chi connectivity index (χ4n) is 3.22. The summed E-state index contributed by atoms with van der Waals surface area (Å²) in [7, 11) is 5.34. The average Bonchev–Trinajstić information content (AvgIpc) is 2.90. The summed E-state index contributed by atoms with van der Waals surface area (Å²) >= 11 is 0. The fraction of sp³-hybridized carbons (Fsp3) is 0.593. The molecule has 0 aromatic heterocycles. The molecule has 0 fully saturated rings. The number of benzene rings is 1. The number of nitrogens with one attached hydrogen (secondary N) is 4. The molecule has 214 valence electrons. The van der Waals surface area contributed by atoms with Gasteiger partial charge < -0.3 is 36.7 Å². The van der Waals surface area contributed by atoms with Crippen molar-refractivity contribution in [2.45, 2.75) is 65.0 Å². The van der Waals surface area contributed by atoms with Crippen molar-refractivity contribution in [2.24, 2.45) is 10.7 Å². The summed E-state index contributed by atoms with van der Waals surface area (Å²) in [6.45, 7) is 6.77. The van der Waals surface area contributed by atoms with Crippen LogP contribution in [0.3, 0.4) is 0 Å². The number of carbonyl (C=O) groups excluding carboxylic acids is 4. The highest BCUT2D eigenvalue weighted by molar-refractivity contribution is 5.92. The van der Waals surface area contributed by atoms with Gasteiger partial charge in [-0.15, -0.1) is 0 Å². The molecule has 0 heterocycles. The molecular weight excluding hydrogens is 486 g/mol. The van der Waals surface area contributed by atoms with Crippen molar-refractivity contribution in [1.29, 1.82) is 0 Å². The zero-order valence-electron chi connectivity index (χ0n) is 23.8. The molecule has 3 amide bonds. The van der Waals surface area contributed by atoms with E-state index in [0.29, 0.717) is 44.9 Å². The third-order valence-electron chi connectivity index (χ3n) is 5.33. The number of hydrogen-bond donors (Lipinski definition) is 5. The minimum Gasteiger partial charge on any atom is -0.370 e. The van der Waals surface area contributed by atoms with Crippen LogP contribution in [0.15, 0.2) is 35.3 Å². The molecule has 0 radical (unpaired) electrons. The molecule has 1 rings (SSSR count). The Labute approximate surface area is 227 Å². The normalized spacial score (nSPS) is 12.3. The SMILES string of the molecule is CC.CNCCNC(=O)C(Cc1ccccc1)NC(=O)C(CCCN=C(N)N(C)C)NC(=O)CCC(C)=O. The summed E-state index contributed by atoms with van der Waals surface area (Å²) in [5.41, 5.74) is 6.70. The van der Waals surface area contributed by atoms with Crippen LogP contribution < -0.4 is 27.0 Å². The summed E-state index contributed by atoms with van der Waals surface area (Å²) in [4.78, 5) is 55.7. The zero-order chi connectivity index (χ0) is 28.9. The first kappa shape index (κ1) is 34.5. The van der Waals surface area contributed by atoms with Gasteiger partial charge in [0, 0.05) is 53.0 Å². The topological polar surface area (TPSA) is 158 Å². The molecule has 0 aliphatic heterocycles. The highest BCUT2D eigenvalue weighted by Crippen LogP contribution is 2.06. The summed E-state index contributed by atoms with van der Waals surface area (Å²) in [5.74, 6) is -0.934. The number of nitrogens with zero attached hydrogens (tertiary/aromatic N) is 2. The number of likely N-dealkylation sites (N-methyl/N-ethyl adjacent to an activating group) is 1. The van der Waals surface area contributed by atoms with E-state index >= 15 is 0 Å². The first-order chi connectivity index (χ1) is 18.1. The van der Waals surface area contributed by atoms with Gasteiger partial charge in [0.2, 0.25) is 17.7 Å². The molecule has 0 saturated carbocycles. The highest BCUT2D eigenvalue weighted by Gasteiger charge is 2.26. The van der Waals surface area contributed by atoms with Gasteiger partial charge in [-0.1, -0.05) is 44.2 Å². The molecule has 11 nitrogen and oxygen atoms in total. The summed E-state index contributed by atoms with van der Waals surface area (Å²) in [6, 6.07) is 7.67. The van der Waals surface area contributed by atoms with Crippen molar-refractivity contribution < 1.29 is 19.2 Å². The van der Waals surface area contributed by atoms with Crippen LogP contribution in [0.4, 0.5) is 0 Å². The van der Waals surface area contributed by atoms with E-state index in [0.717, 1.165) is 5.56 Å². The van der Waals surface area contributed by atoms with Gasteiger partial charge in [-0.05, 0) is 32.4 Å². The van der Waals surface area contributed by atoms with Crippen molar-refractivity contribution in [3.63, 3.8) is 0 Å². The molecule has 0 saturated heterocycles. The Hall–Kier alpha value is -3.47. The maximum absolute atomic E-state index is 13.2. The molecule has 1 aromatic carbocycles. The number of amides is 3. The van der Waals surface area contributed by atoms with E-state index in [1.54, 1.807) is 26.0 Å².